The van der Waals surface area contributed by atoms with Gasteiger partial charge in [-0.25, -0.2) is 35.9 Å². The van der Waals surface area contributed by atoms with Crippen molar-refractivity contribution in [3.05, 3.63) is 78.4 Å². The second-order valence-corrected chi connectivity index (χ2v) is 13.3. The van der Waals surface area contributed by atoms with E-state index in [0.29, 0.717) is 30.2 Å². The molecule has 3 aromatic rings. The number of unbranched alkanes of at least 4 members (excludes halogenated alkanes) is 2. The van der Waals surface area contributed by atoms with Crippen molar-refractivity contribution in [3.8, 4) is 5.75 Å². The molecule has 0 aliphatic heterocycles. The second kappa shape index (κ2) is 16.5. The van der Waals surface area contributed by atoms with Crippen LogP contribution in [-0.4, -0.2) is 49.1 Å². The molecule has 0 aliphatic rings. The van der Waals surface area contributed by atoms with Crippen molar-refractivity contribution in [1.29, 1.82) is 0 Å². The first kappa shape index (κ1) is 35.0. The van der Waals surface area contributed by atoms with Crippen LogP contribution in [0.15, 0.2) is 82.6 Å². The van der Waals surface area contributed by atoms with Crippen LogP contribution in [0.5, 0.6) is 5.75 Å². The lowest BCUT2D eigenvalue weighted by molar-refractivity contribution is 0.244. The Labute approximate surface area is 264 Å². The van der Waals surface area contributed by atoms with Crippen LogP contribution >= 0.6 is 0 Å². The molecule has 0 unspecified atom stereocenters. The molecule has 244 valence electrons. The maximum Gasteiger partial charge on any atom is 0.328 e. The molecule has 0 aromatic heterocycles. The molecule has 45 heavy (non-hydrogen) atoms. The number of nitrogens with one attached hydrogen (secondary N) is 6. The number of urea groups is 2. The van der Waals surface area contributed by atoms with Crippen molar-refractivity contribution < 1.29 is 31.2 Å². The molecule has 0 saturated heterocycles. The van der Waals surface area contributed by atoms with Gasteiger partial charge in [0.25, 0.3) is 20.0 Å². The van der Waals surface area contributed by atoms with Gasteiger partial charge in [-0.05, 0) is 79.1 Å². The Morgan fingerprint density at radius 1 is 0.644 bits per heavy atom. The zero-order chi connectivity index (χ0) is 32.9. The number of hydrogen-bond acceptors (Lipinski definition) is 9. The average molecular weight is 661 g/mol. The van der Waals surface area contributed by atoms with Gasteiger partial charge in [-0.15, -0.1) is 0 Å². The molecule has 0 saturated carbocycles. The summed E-state index contributed by atoms with van der Waals surface area (Å²) < 4.78 is 59.9. The van der Waals surface area contributed by atoms with E-state index in [1.807, 2.05) is 35.4 Å². The van der Waals surface area contributed by atoms with Gasteiger partial charge in [0.15, 0.2) is 0 Å². The molecular weight excluding hydrogens is 620 g/mol. The minimum Gasteiger partial charge on any atom is -0.497 e. The van der Waals surface area contributed by atoms with Crippen LogP contribution in [0.4, 0.5) is 21.0 Å². The predicted octanol–water partition coefficient (Wildman–Crippen LogP) is 4.49. The Bertz CT molecular complexity index is 1520. The van der Waals surface area contributed by atoms with Crippen LogP contribution < -0.4 is 35.4 Å². The molecule has 15 heteroatoms. The fourth-order valence-electron chi connectivity index (χ4n) is 3.98. The quantitative estimate of drug-likeness (QED) is 0.0952. The zero-order valence-corrected chi connectivity index (χ0v) is 27.1. The minimum absolute atomic E-state index is 0.0860. The number of amides is 4. The highest BCUT2D eigenvalue weighted by atomic mass is 32.2. The van der Waals surface area contributed by atoms with Gasteiger partial charge in [0, 0.05) is 24.5 Å². The summed E-state index contributed by atoms with van der Waals surface area (Å²) in [7, 11) is -6.60. The molecule has 13 nitrogen and oxygen atoms in total. The van der Waals surface area contributed by atoms with Crippen molar-refractivity contribution >= 4 is 43.5 Å². The van der Waals surface area contributed by atoms with Crippen LogP contribution in [0.25, 0.3) is 0 Å². The number of rotatable bonds is 16. The third-order valence-electron chi connectivity index (χ3n) is 6.49. The summed E-state index contributed by atoms with van der Waals surface area (Å²) in [5.41, 5.74) is 1.92. The van der Waals surface area contributed by atoms with E-state index in [-0.39, 0.29) is 9.79 Å². The van der Waals surface area contributed by atoms with Crippen LogP contribution in [-0.2, 0) is 20.0 Å². The fourth-order valence-corrected chi connectivity index (χ4v) is 5.84. The first-order valence-corrected chi connectivity index (χ1v) is 17.4. The molecule has 0 fully saturated rings. The number of ether oxygens (including phenoxy) is 1. The van der Waals surface area contributed by atoms with E-state index >= 15 is 0 Å². The molecule has 0 heterocycles. The van der Waals surface area contributed by atoms with Gasteiger partial charge in [0.1, 0.15) is 11.9 Å². The van der Waals surface area contributed by atoms with Crippen molar-refractivity contribution in [2.75, 3.05) is 30.8 Å². The van der Waals surface area contributed by atoms with E-state index in [0.717, 1.165) is 31.2 Å². The number of benzene rings is 3. The zero-order valence-electron chi connectivity index (χ0n) is 25.4. The van der Waals surface area contributed by atoms with Crippen LogP contribution in [0.2, 0.25) is 0 Å². The number of carbonyl (C=O) groups excluding carboxylic acids is 2. The number of carbonyl (C=O) groups is 2. The van der Waals surface area contributed by atoms with Crippen molar-refractivity contribution in [2.24, 2.45) is 0 Å². The van der Waals surface area contributed by atoms with Gasteiger partial charge in [0.2, 0.25) is 0 Å². The normalized spacial score (nSPS) is 11.4. The van der Waals surface area contributed by atoms with E-state index in [9.17, 15) is 26.4 Å². The summed E-state index contributed by atoms with van der Waals surface area (Å²) in [6.07, 6.45) is 2.63. The third kappa shape index (κ3) is 10.9. The molecule has 3 rings (SSSR count). The van der Waals surface area contributed by atoms with Crippen LogP contribution in [0.3, 0.4) is 0 Å². The monoisotopic (exact) mass is 660 g/mol. The molecular formula is C30H40N6O7S2. The van der Waals surface area contributed by atoms with Gasteiger partial charge in [-0.3, -0.25) is 0 Å². The summed E-state index contributed by atoms with van der Waals surface area (Å²) in [5, 5.41) is 11.6. The lowest BCUT2D eigenvalue weighted by Crippen LogP contribution is -2.39. The van der Waals surface area contributed by atoms with Crippen molar-refractivity contribution in [3.63, 3.8) is 0 Å². The van der Waals surface area contributed by atoms with Gasteiger partial charge in [-0.2, -0.15) is 0 Å². The maximum absolute atomic E-state index is 12.7. The van der Waals surface area contributed by atoms with Crippen molar-refractivity contribution in [2.45, 2.75) is 55.5 Å². The fraction of sp³-hybridized carbons (Fsp3) is 0.333. The van der Waals surface area contributed by atoms with E-state index in [2.05, 4.69) is 21.3 Å². The number of sulfonamides is 2. The summed E-state index contributed by atoms with van der Waals surface area (Å²) >= 11 is 0. The standard InChI is InChI=1S/C30H40N6O7S2/c1-4-6-20-31-29(37)35-44(39,40)26-16-10-23(11-17-26)33-28(22-8-14-25(43-3)15-9-22)34-24-12-18-27(19-13-24)45(41,42)36-30(38)32-21-7-5-2/h8-19,28,33-34H,4-7,20-21H2,1-3H3,(H2,31,35,37)(H2,32,36,38). The number of hydrogen-bond donors (Lipinski definition) is 6. The minimum atomic E-state index is -4.08. The summed E-state index contributed by atoms with van der Waals surface area (Å²) in [6.45, 7) is 4.65. The van der Waals surface area contributed by atoms with Crippen LogP contribution in [0.1, 0.15) is 51.3 Å². The molecule has 6 N–H and O–H groups in total. The summed E-state index contributed by atoms with van der Waals surface area (Å²) in [4.78, 5) is 23.8. The van der Waals surface area contributed by atoms with Gasteiger partial charge in [-0.1, -0.05) is 38.8 Å². The van der Waals surface area contributed by atoms with Gasteiger partial charge in [0.05, 0.1) is 16.9 Å². The third-order valence-corrected chi connectivity index (χ3v) is 9.18. The lowest BCUT2D eigenvalue weighted by Gasteiger charge is -2.23. The molecule has 0 aliphatic carbocycles. The largest absolute Gasteiger partial charge is 0.497 e. The highest BCUT2D eigenvalue weighted by molar-refractivity contribution is 7.90. The van der Waals surface area contributed by atoms with Gasteiger partial charge < -0.3 is 26.0 Å². The molecule has 0 atom stereocenters. The Morgan fingerprint density at radius 2 is 1.04 bits per heavy atom. The van der Waals surface area contributed by atoms with E-state index in [1.54, 1.807) is 43.5 Å². The second-order valence-electron chi connectivity index (χ2n) is 9.97. The van der Waals surface area contributed by atoms with Crippen LogP contribution in [0, 0.1) is 0 Å². The topological polar surface area (TPSA) is 184 Å². The molecule has 0 radical (unpaired) electrons. The first-order valence-electron chi connectivity index (χ1n) is 14.5. The maximum atomic E-state index is 12.7. The number of anilines is 2. The highest BCUT2D eigenvalue weighted by Gasteiger charge is 2.20. The van der Waals surface area contributed by atoms with Crippen molar-refractivity contribution in [1.82, 2.24) is 20.1 Å². The first-order chi connectivity index (χ1) is 21.5. The van der Waals surface area contributed by atoms with E-state index < -0.39 is 38.3 Å². The highest BCUT2D eigenvalue weighted by Crippen LogP contribution is 2.26. The smallest absolute Gasteiger partial charge is 0.328 e. The predicted molar refractivity (Wildman–Crippen MR) is 173 cm³/mol. The Morgan fingerprint density at radius 3 is 1.40 bits per heavy atom. The Hall–Kier alpha value is -4.50. The molecule has 0 bridgehead atoms. The summed E-state index contributed by atoms with van der Waals surface area (Å²) in [6, 6.07) is 17.4. The average Bonchev–Trinajstić information content (AvgIpc) is 3.01. The SMILES string of the molecule is CCCCNC(=O)NS(=O)(=O)c1ccc(NC(Nc2ccc(S(=O)(=O)NC(=O)NCCCC)cc2)c2ccc(OC)cc2)cc1. The molecule has 0 spiro atoms. The Kier molecular flexibility index (Phi) is 12.9. The Balaban J connectivity index is 1.76. The molecule has 4 amide bonds. The lowest BCUT2D eigenvalue weighted by atomic mass is 10.1. The van der Waals surface area contributed by atoms with E-state index in [4.69, 9.17) is 4.74 Å². The summed E-state index contributed by atoms with van der Waals surface area (Å²) in [5.74, 6) is 0.652. The van der Waals surface area contributed by atoms with Gasteiger partial charge >= 0.3 is 12.1 Å². The number of methoxy groups -OCH3 is 1. The van der Waals surface area contributed by atoms with E-state index in [1.165, 1.54) is 24.3 Å². The molecule has 3 aromatic carbocycles.